The highest BCUT2D eigenvalue weighted by atomic mass is 15.0. The number of hydrogen-bond donors (Lipinski definition) is 0. The number of fused-ring (bicyclic) bond motifs is 8. The average molecular weight is 651 g/mol. The van der Waals surface area contributed by atoms with E-state index in [1.165, 1.54) is 82.6 Å². The number of para-hydroxylation sites is 2. The summed E-state index contributed by atoms with van der Waals surface area (Å²) >= 11 is 0. The van der Waals surface area contributed by atoms with Crippen LogP contribution in [0.3, 0.4) is 0 Å². The second-order valence-electron chi connectivity index (χ2n) is 13.6. The highest BCUT2D eigenvalue weighted by molar-refractivity contribution is 6.22. The molecule has 0 N–H and O–H groups in total. The zero-order valence-corrected chi connectivity index (χ0v) is 28.3. The highest BCUT2D eigenvalue weighted by Crippen LogP contribution is 2.43. The van der Waals surface area contributed by atoms with Gasteiger partial charge in [-0.2, -0.15) is 0 Å². The van der Waals surface area contributed by atoms with Crippen molar-refractivity contribution in [3.05, 3.63) is 193 Å². The number of benzene rings is 8. The van der Waals surface area contributed by atoms with Crippen molar-refractivity contribution in [3.63, 3.8) is 0 Å². The van der Waals surface area contributed by atoms with E-state index in [0.29, 0.717) is 0 Å². The average Bonchev–Trinajstić information content (AvgIpc) is 3.53. The summed E-state index contributed by atoms with van der Waals surface area (Å²) in [4.78, 5) is 5.34. The van der Waals surface area contributed by atoms with Crippen LogP contribution in [0.5, 0.6) is 0 Å². The molecule has 0 bridgehead atoms. The molecule has 0 fully saturated rings. The molecule has 1 aliphatic rings. The second-order valence-corrected chi connectivity index (χ2v) is 13.6. The molecule has 8 aromatic carbocycles. The van der Waals surface area contributed by atoms with Crippen LogP contribution in [0, 0.1) is 6.92 Å². The molecule has 0 atom stereocenters. The Labute approximate surface area is 297 Å². The van der Waals surface area contributed by atoms with Crippen molar-refractivity contribution >= 4 is 44.0 Å². The summed E-state index contributed by atoms with van der Waals surface area (Å²) < 4.78 is 2.48. The van der Waals surface area contributed by atoms with Gasteiger partial charge in [0.1, 0.15) is 0 Å². The Morgan fingerprint density at radius 2 is 1.12 bits per heavy atom. The van der Waals surface area contributed by atoms with Crippen LogP contribution in [0.4, 0.5) is 5.69 Å². The Hall–Kier alpha value is -6.51. The van der Waals surface area contributed by atoms with Crippen molar-refractivity contribution in [1.82, 2.24) is 4.57 Å². The van der Waals surface area contributed by atoms with Gasteiger partial charge in [0.25, 0.3) is 0 Å². The minimum atomic E-state index is 0.777. The van der Waals surface area contributed by atoms with Crippen LogP contribution in [0.15, 0.2) is 181 Å². The van der Waals surface area contributed by atoms with Crippen LogP contribution in [0.2, 0.25) is 0 Å². The van der Waals surface area contributed by atoms with Crippen LogP contribution < -0.4 is 0 Å². The molecule has 10 rings (SSSR count). The predicted octanol–water partition coefficient (Wildman–Crippen LogP) is 12.9. The molecule has 0 saturated carbocycles. The first kappa shape index (κ1) is 29.4. The number of aliphatic imine (C=N–C) groups is 1. The van der Waals surface area contributed by atoms with E-state index in [2.05, 4.69) is 187 Å². The number of aromatic nitrogens is 1. The molecule has 2 heteroatoms. The summed E-state index contributed by atoms with van der Waals surface area (Å²) in [7, 11) is 0. The summed E-state index contributed by atoms with van der Waals surface area (Å²) in [5.74, 6) is 0. The number of hydrogen-bond acceptors (Lipinski definition) is 1. The number of nitrogens with zero attached hydrogens (tertiary/aromatic N) is 2. The standard InChI is InChI=1S/C49H34N2/c1-32-14-8-12-22-46(32)50-47-29-36-28-35(33-15-4-2-5-16-33)24-26-38(36)44-30-37(25-27-40(44)47)51-48-23-13-11-20-41(48)45-31-43(34-17-6-3-7-18-34)39-19-9-10-21-42(39)49(45)51/h2-28,30-31H,29H2,1H3. The molecule has 0 saturated heterocycles. The second kappa shape index (κ2) is 11.8. The van der Waals surface area contributed by atoms with Crippen LogP contribution in [0.1, 0.15) is 16.7 Å². The topological polar surface area (TPSA) is 17.3 Å². The van der Waals surface area contributed by atoms with E-state index in [1.807, 2.05) is 0 Å². The van der Waals surface area contributed by atoms with Crippen molar-refractivity contribution in [2.24, 2.45) is 4.99 Å². The van der Waals surface area contributed by atoms with Crippen LogP contribution in [-0.2, 0) is 6.42 Å². The first-order valence-corrected chi connectivity index (χ1v) is 17.7. The Kier molecular flexibility index (Phi) is 6.82. The van der Waals surface area contributed by atoms with Gasteiger partial charge in [-0.05, 0) is 87.1 Å². The summed E-state index contributed by atoms with van der Waals surface area (Å²) in [6.45, 7) is 2.14. The Balaban J connectivity index is 1.24. The van der Waals surface area contributed by atoms with E-state index < -0.39 is 0 Å². The lowest BCUT2D eigenvalue weighted by molar-refractivity contribution is 1.18. The fraction of sp³-hybridized carbons (Fsp3) is 0.0408. The third-order valence-electron chi connectivity index (χ3n) is 10.6. The van der Waals surface area contributed by atoms with E-state index in [1.54, 1.807) is 0 Å². The molecule has 0 amide bonds. The van der Waals surface area contributed by atoms with E-state index in [0.717, 1.165) is 23.5 Å². The van der Waals surface area contributed by atoms with E-state index in [9.17, 15) is 0 Å². The van der Waals surface area contributed by atoms with Gasteiger partial charge in [-0.3, -0.25) is 4.99 Å². The fourth-order valence-electron chi connectivity index (χ4n) is 8.12. The molecule has 0 spiro atoms. The molecular weight excluding hydrogens is 617 g/mol. The van der Waals surface area contributed by atoms with Gasteiger partial charge in [-0.25, -0.2) is 0 Å². The number of aryl methyl sites for hydroxylation is 1. The number of rotatable bonds is 4. The minimum Gasteiger partial charge on any atom is -0.309 e. The molecule has 0 aliphatic heterocycles. The monoisotopic (exact) mass is 650 g/mol. The smallest absolute Gasteiger partial charge is 0.0662 e. The highest BCUT2D eigenvalue weighted by Gasteiger charge is 2.24. The first-order chi connectivity index (χ1) is 25.2. The Morgan fingerprint density at radius 1 is 0.451 bits per heavy atom. The molecule has 240 valence electrons. The van der Waals surface area contributed by atoms with Crippen molar-refractivity contribution in [2.75, 3.05) is 0 Å². The van der Waals surface area contributed by atoms with Crippen LogP contribution in [0.25, 0.3) is 71.6 Å². The first-order valence-electron chi connectivity index (χ1n) is 17.7. The maximum atomic E-state index is 5.34. The zero-order valence-electron chi connectivity index (χ0n) is 28.3. The van der Waals surface area contributed by atoms with Crippen molar-refractivity contribution in [2.45, 2.75) is 13.3 Å². The van der Waals surface area contributed by atoms with Crippen molar-refractivity contribution in [1.29, 1.82) is 0 Å². The van der Waals surface area contributed by atoms with E-state index in [4.69, 9.17) is 4.99 Å². The summed E-state index contributed by atoms with van der Waals surface area (Å²) in [5.41, 5.74) is 16.8. The lowest BCUT2D eigenvalue weighted by Crippen LogP contribution is -2.14. The third-order valence-corrected chi connectivity index (χ3v) is 10.6. The van der Waals surface area contributed by atoms with E-state index >= 15 is 0 Å². The molecular formula is C49H34N2. The van der Waals surface area contributed by atoms with Crippen LogP contribution in [-0.4, -0.2) is 10.3 Å². The molecule has 51 heavy (non-hydrogen) atoms. The van der Waals surface area contributed by atoms with Gasteiger partial charge in [-0.15, -0.1) is 0 Å². The van der Waals surface area contributed by atoms with Gasteiger partial charge < -0.3 is 4.57 Å². The predicted molar refractivity (Wildman–Crippen MR) is 216 cm³/mol. The minimum absolute atomic E-state index is 0.777. The molecule has 0 unspecified atom stereocenters. The molecule has 1 aliphatic carbocycles. The van der Waals surface area contributed by atoms with Gasteiger partial charge in [-0.1, -0.05) is 146 Å². The molecule has 0 radical (unpaired) electrons. The Bertz CT molecular complexity index is 2820. The Morgan fingerprint density at radius 3 is 1.92 bits per heavy atom. The summed E-state index contributed by atoms with van der Waals surface area (Å²) in [5, 5.41) is 5.01. The zero-order chi connectivity index (χ0) is 33.9. The third kappa shape index (κ3) is 4.83. The van der Waals surface area contributed by atoms with Gasteiger partial charge in [0.2, 0.25) is 0 Å². The van der Waals surface area contributed by atoms with E-state index in [-0.39, 0.29) is 0 Å². The van der Waals surface area contributed by atoms with Gasteiger partial charge >= 0.3 is 0 Å². The van der Waals surface area contributed by atoms with Gasteiger partial charge in [0.15, 0.2) is 0 Å². The molecule has 9 aromatic rings. The largest absolute Gasteiger partial charge is 0.309 e. The lowest BCUT2D eigenvalue weighted by Gasteiger charge is -2.24. The molecule has 1 aromatic heterocycles. The molecule has 2 nitrogen and oxygen atoms in total. The quantitative estimate of drug-likeness (QED) is 0.180. The van der Waals surface area contributed by atoms with Crippen molar-refractivity contribution < 1.29 is 0 Å². The van der Waals surface area contributed by atoms with Crippen LogP contribution >= 0.6 is 0 Å². The molecule has 1 heterocycles. The van der Waals surface area contributed by atoms with Gasteiger partial charge in [0.05, 0.1) is 22.4 Å². The maximum absolute atomic E-state index is 5.34. The lowest BCUT2D eigenvalue weighted by atomic mass is 9.82. The van der Waals surface area contributed by atoms with Gasteiger partial charge in [0, 0.05) is 33.8 Å². The SMILES string of the molecule is Cc1ccccc1N=C1Cc2cc(-c3ccccc3)ccc2-c2cc(-n3c4ccccc4c4cc(-c5ccccc5)c5ccccc5c43)ccc21. The normalized spacial score (nSPS) is 13.2. The summed E-state index contributed by atoms with van der Waals surface area (Å²) in [6.07, 6.45) is 0.777. The fourth-order valence-corrected chi connectivity index (χ4v) is 8.12. The maximum Gasteiger partial charge on any atom is 0.0662 e. The summed E-state index contributed by atoms with van der Waals surface area (Å²) in [6, 6.07) is 63.9. The van der Waals surface area contributed by atoms with Crippen molar-refractivity contribution in [3.8, 4) is 39.1 Å².